The minimum Gasteiger partial charge on any atom is -0.435 e. The Balaban J connectivity index is 1.97. The molecule has 2 N–H and O–H groups in total. The van der Waals surface area contributed by atoms with Gasteiger partial charge in [-0.25, -0.2) is 4.39 Å². The Kier molecular flexibility index (Phi) is 4.14. The topological polar surface area (TPSA) is 71.3 Å². The van der Waals surface area contributed by atoms with Gasteiger partial charge in [-0.15, -0.1) is 0 Å². The zero-order valence-corrected chi connectivity index (χ0v) is 10.8. The molecule has 1 aromatic heterocycles. The SMILES string of the molecule is CC(=O)Nc1ccc(C(=O)NCc2ccccc2F)o1. The Bertz CT molecular complexity index is 637. The first-order valence-electron chi connectivity index (χ1n) is 5.95. The summed E-state index contributed by atoms with van der Waals surface area (Å²) in [6.07, 6.45) is 0. The fraction of sp³-hybridized carbons (Fsp3) is 0.143. The third-order valence-electron chi connectivity index (χ3n) is 2.53. The lowest BCUT2D eigenvalue weighted by atomic mass is 10.2. The first-order valence-corrected chi connectivity index (χ1v) is 5.95. The predicted octanol–water partition coefficient (Wildman–Crippen LogP) is 2.31. The van der Waals surface area contributed by atoms with Crippen LogP contribution in [-0.4, -0.2) is 11.8 Å². The van der Waals surface area contributed by atoms with Crippen molar-refractivity contribution >= 4 is 17.7 Å². The summed E-state index contributed by atoms with van der Waals surface area (Å²) in [5, 5.41) is 4.95. The molecule has 0 aliphatic rings. The molecule has 0 saturated heterocycles. The molecule has 0 saturated carbocycles. The molecular formula is C14H13FN2O3. The van der Waals surface area contributed by atoms with Crippen LogP contribution in [0.2, 0.25) is 0 Å². The summed E-state index contributed by atoms with van der Waals surface area (Å²) in [5.74, 6) is -0.924. The zero-order chi connectivity index (χ0) is 14.5. The third-order valence-corrected chi connectivity index (χ3v) is 2.53. The van der Waals surface area contributed by atoms with Crippen molar-refractivity contribution in [3.63, 3.8) is 0 Å². The van der Waals surface area contributed by atoms with E-state index in [1.165, 1.54) is 25.1 Å². The maximum Gasteiger partial charge on any atom is 0.287 e. The highest BCUT2D eigenvalue weighted by Gasteiger charge is 2.12. The maximum absolute atomic E-state index is 13.4. The van der Waals surface area contributed by atoms with Crippen molar-refractivity contribution in [3.05, 3.63) is 53.5 Å². The van der Waals surface area contributed by atoms with E-state index in [9.17, 15) is 14.0 Å². The molecular weight excluding hydrogens is 263 g/mol. The van der Waals surface area contributed by atoms with Crippen LogP contribution in [0.5, 0.6) is 0 Å². The third kappa shape index (κ3) is 3.44. The lowest BCUT2D eigenvalue weighted by Crippen LogP contribution is -2.22. The Labute approximate surface area is 114 Å². The van der Waals surface area contributed by atoms with Crippen molar-refractivity contribution in [3.8, 4) is 0 Å². The fourth-order valence-corrected chi connectivity index (χ4v) is 1.60. The summed E-state index contributed by atoms with van der Waals surface area (Å²) in [7, 11) is 0. The summed E-state index contributed by atoms with van der Waals surface area (Å²) in [6, 6.07) is 9.07. The van der Waals surface area contributed by atoms with Gasteiger partial charge in [0.2, 0.25) is 5.91 Å². The molecule has 0 aliphatic carbocycles. The van der Waals surface area contributed by atoms with Crippen molar-refractivity contribution in [2.75, 3.05) is 5.32 Å². The van der Waals surface area contributed by atoms with Crippen molar-refractivity contribution in [2.45, 2.75) is 13.5 Å². The lowest BCUT2D eigenvalue weighted by Gasteiger charge is -2.04. The van der Waals surface area contributed by atoms with E-state index in [1.54, 1.807) is 18.2 Å². The van der Waals surface area contributed by atoms with Crippen LogP contribution < -0.4 is 10.6 Å². The smallest absolute Gasteiger partial charge is 0.287 e. The maximum atomic E-state index is 13.4. The van der Waals surface area contributed by atoms with E-state index in [-0.39, 0.29) is 29.9 Å². The second-order valence-corrected chi connectivity index (χ2v) is 4.12. The number of benzene rings is 1. The van der Waals surface area contributed by atoms with Crippen LogP contribution >= 0.6 is 0 Å². The average Bonchev–Trinajstić information content (AvgIpc) is 2.85. The van der Waals surface area contributed by atoms with Gasteiger partial charge in [-0.1, -0.05) is 18.2 Å². The van der Waals surface area contributed by atoms with E-state index < -0.39 is 5.91 Å². The molecule has 20 heavy (non-hydrogen) atoms. The standard InChI is InChI=1S/C14H13FN2O3/c1-9(18)17-13-7-6-12(20-13)14(19)16-8-10-4-2-3-5-11(10)15/h2-7H,8H2,1H3,(H,16,19)(H,17,18). The van der Waals surface area contributed by atoms with Gasteiger partial charge in [0.15, 0.2) is 11.6 Å². The molecule has 0 spiro atoms. The van der Waals surface area contributed by atoms with E-state index in [4.69, 9.17) is 4.42 Å². The van der Waals surface area contributed by atoms with Crippen molar-refractivity contribution in [1.82, 2.24) is 5.32 Å². The van der Waals surface area contributed by atoms with E-state index in [1.807, 2.05) is 0 Å². The quantitative estimate of drug-likeness (QED) is 0.900. The Hall–Kier alpha value is -2.63. The predicted molar refractivity (Wildman–Crippen MR) is 70.6 cm³/mol. The number of carbonyl (C=O) groups is 2. The summed E-state index contributed by atoms with van der Waals surface area (Å²) in [5.41, 5.74) is 0.384. The van der Waals surface area contributed by atoms with Gasteiger partial charge >= 0.3 is 0 Å². The largest absolute Gasteiger partial charge is 0.435 e. The average molecular weight is 276 g/mol. The van der Waals surface area contributed by atoms with Gasteiger partial charge in [0.05, 0.1) is 0 Å². The van der Waals surface area contributed by atoms with Gasteiger partial charge in [0.25, 0.3) is 5.91 Å². The van der Waals surface area contributed by atoms with Crippen molar-refractivity contribution in [1.29, 1.82) is 0 Å². The molecule has 5 nitrogen and oxygen atoms in total. The Morgan fingerprint density at radius 3 is 2.65 bits per heavy atom. The molecule has 2 aromatic rings. The van der Waals surface area contributed by atoms with Gasteiger partial charge in [0, 0.05) is 25.1 Å². The Morgan fingerprint density at radius 2 is 1.95 bits per heavy atom. The van der Waals surface area contributed by atoms with Crippen molar-refractivity contribution < 1.29 is 18.4 Å². The number of amides is 2. The van der Waals surface area contributed by atoms with Crippen LogP contribution in [0, 0.1) is 5.82 Å². The minimum absolute atomic E-state index is 0.0464. The van der Waals surface area contributed by atoms with Crippen LogP contribution in [-0.2, 0) is 11.3 Å². The summed E-state index contributed by atoms with van der Waals surface area (Å²) < 4.78 is 18.5. The van der Waals surface area contributed by atoms with Gasteiger partial charge in [-0.3, -0.25) is 14.9 Å². The normalized spacial score (nSPS) is 10.1. The van der Waals surface area contributed by atoms with Gasteiger partial charge in [0.1, 0.15) is 5.82 Å². The highest BCUT2D eigenvalue weighted by Crippen LogP contribution is 2.13. The second kappa shape index (κ2) is 6.01. The van der Waals surface area contributed by atoms with Crippen LogP contribution in [0.4, 0.5) is 10.3 Å². The molecule has 1 heterocycles. The molecule has 6 heteroatoms. The number of anilines is 1. The molecule has 0 bridgehead atoms. The molecule has 104 valence electrons. The molecule has 2 amide bonds. The molecule has 0 fully saturated rings. The summed E-state index contributed by atoms with van der Waals surface area (Å²) >= 11 is 0. The van der Waals surface area contributed by atoms with Crippen LogP contribution in [0.15, 0.2) is 40.8 Å². The Morgan fingerprint density at radius 1 is 1.20 bits per heavy atom. The minimum atomic E-state index is -0.482. The van der Waals surface area contributed by atoms with E-state index in [0.29, 0.717) is 5.56 Å². The summed E-state index contributed by atoms with van der Waals surface area (Å²) in [6.45, 7) is 1.39. The molecule has 0 radical (unpaired) electrons. The highest BCUT2D eigenvalue weighted by molar-refractivity contribution is 5.93. The zero-order valence-electron chi connectivity index (χ0n) is 10.8. The molecule has 0 aliphatic heterocycles. The molecule has 1 aromatic carbocycles. The van der Waals surface area contributed by atoms with E-state index >= 15 is 0 Å². The molecule has 0 unspecified atom stereocenters. The van der Waals surface area contributed by atoms with Gasteiger partial charge in [-0.2, -0.15) is 0 Å². The number of carbonyl (C=O) groups excluding carboxylic acids is 2. The number of furan rings is 1. The van der Waals surface area contributed by atoms with Gasteiger partial charge < -0.3 is 9.73 Å². The van der Waals surface area contributed by atoms with E-state index in [0.717, 1.165) is 0 Å². The number of halogens is 1. The fourth-order valence-electron chi connectivity index (χ4n) is 1.60. The number of rotatable bonds is 4. The monoisotopic (exact) mass is 276 g/mol. The van der Waals surface area contributed by atoms with Gasteiger partial charge in [-0.05, 0) is 12.1 Å². The second-order valence-electron chi connectivity index (χ2n) is 4.12. The van der Waals surface area contributed by atoms with Crippen LogP contribution in [0.3, 0.4) is 0 Å². The first-order chi connectivity index (χ1) is 9.56. The highest BCUT2D eigenvalue weighted by atomic mass is 19.1. The molecule has 0 atom stereocenters. The number of nitrogens with one attached hydrogen (secondary N) is 2. The number of hydrogen-bond acceptors (Lipinski definition) is 3. The van der Waals surface area contributed by atoms with Crippen LogP contribution in [0.1, 0.15) is 23.0 Å². The van der Waals surface area contributed by atoms with E-state index in [2.05, 4.69) is 10.6 Å². The number of hydrogen-bond donors (Lipinski definition) is 2. The molecule has 2 rings (SSSR count). The van der Waals surface area contributed by atoms with Crippen LogP contribution in [0.25, 0.3) is 0 Å². The lowest BCUT2D eigenvalue weighted by molar-refractivity contribution is -0.114. The summed E-state index contributed by atoms with van der Waals surface area (Å²) in [4.78, 5) is 22.6. The van der Waals surface area contributed by atoms with Crippen molar-refractivity contribution in [2.24, 2.45) is 0 Å². The first kappa shape index (κ1) is 13.8.